The fraction of sp³-hybridized carbons (Fsp3) is 0.625. The molecule has 1 saturated heterocycles. The first-order valence-corrected chi connectivity index (χ1v) is 8.31. The van der Waals surface area contributed by atoms with Gasteiger partial charge in [-0.05, 0) is 37.3 Å². The molecule has 0 saturated carbocycles. The minimum Gasteiger partial charge on any atom is -0.377 e. The molecule has 3 unspecified atom stereocenters. The van der Waals surface area contributed by atoms with E-state index in [4.69, 9.17) is 10.5 Å². The highest BCUT2D eigenvalue weighted by atomic mass is 32.2. The molecule has 0 aliphatic carbocycles. The number of rotatable bonds is 6. The molecule has 0 amide bonds. The lowest BCUT2D eigenvalue weighted by molar-refractivity contribution is 0.128. The van der Waals surface area contributed by atoms with Gasteiger partial charge in [-0.15, -0.1) is 11.8 Å². The summed E-state index contributed by atoms with van der Waals surface area (Å²) in [5, 5.41) is 0.385. The predicted molar refractivity (Wildman–Crippen MR) is 83.6 cm³/mol. The molecular formula is C16H25NOS. The molecule has 0 radical (unpaired) electrons. The minimum atomic E-state index is 0.215. The maximum absolute atomic E-state index is 6.34. The third-order valence-electron chi connectivity index (χ3n) is 3.84. The highest BCUT2D eigenvalue weighted by Gasteiger charge is 2.23. The third kappa shape index (κ3) is 3.98. The Bertz CT molecular complexity index is 390. The fourth-order valence-electron chi connectivity index (χ4n) is 2.55. The summed E-state index contributed by atoms with van der Waals surface area (Å²) in [4.78, 5) is 0. The standard InChI is InChI=1S/C16H25NOS/c1-3-15(17)16(14-9-5-4-7-12(14)2)19-11-13-8-6-10-18-13/h4-5,7,9,13,15-16H,3,6,8,10-11,17H2,1-2H3. The van der Waals surface area contributed by atoms with Crippen molar-refractivity contribution in [2.45, 2.75) is 50.5 Å². The Hall–Kier alpha value is -0.510. The number of hydrogen-bond acceptors (Lipinski definition) is 3. The molecule has 1 fully saturated rings. The van der Waals surface area contributed by atoms with Crippen molar-refractivity contribution in [2.75, 3.05) is 12.4 Å². The first-order valence-electron chi connectivity index (χ1n) is 7.26. The summed E-state index contributed by atoms with van der Waals surface area (Å²) in [5.41, 5.74) is 9.07. The van der Waals surface area contributed by atoms with Crippen molar-refractivity contribution >= 4 is 11.8 Å². The summed E-state index contributed by atoms with van der Waals surface area (Å²) in [6.45, 7) is 5.28. The van der Waals surface area contributed by atoms with Crippen LogP contribution in [-0.4, -0.2) is 24.5 Å². The lowest BCUT2D eigenvalue weighted by Crippen LogP contribution is -2.27. The average molecular weight is 279 g/mol. The zero-order valence-corrected chi connectivity index (χ0v) is 12.8. The van der Waals surface area contributed by atoms with Gasteiger partial charge in [0.25, 0.3) is 0 Å². The van der Waals surface area contributed by atoms with E-state index in [-0.39, 0.29) is 6.04 Å². The van der Waals surface area contributed by atoms with Crippen LogP contribution in [0.15, 0.2) is 24.3 Å². The van der Waals surface area contributed by atoms with Crippen LogP contribution in [-0.2, 0) is 4.74 Å². The molecule has 3 atom stereocenters. The second-order valence-electron chi connectivity index (χ2n) is 5.32. The van der Waals surface area contributed by atoms with Gasteiger partial charge in [0.05, 0.1) is 6.10 Å². The zero-order chi connectivity index (χ0) is 13.7. The molecule has 1 aliphatic rings. The number of aryl methyl sites for hydroxylation is 1. The monoisotopic (exact) mass is 279 g/mol. The molecule has 106 valence electrons. The van der Waals surface area contributed by atoms with E-state index < -0.39 is 0 Å². The van der Waals surface area contributed by atoms with Gasteiger partial charge in [0.1, 0.15) is 0 Å². The summed E-state index contributed by atoms with van der Waals surface area (Å²) in [7, 11) is 0. The van der Waals surface area contributed by atoms with Gasteiger partial charge in [0, 0.05) is 23.7 Å². The molecule has 19 heavy (non-hydrogen) atoms. The Kier molecular flexibility index (Phi) is 5.74. The molecule has 0 aromatic heterocycles. The number of ether oxygens (including phenoxy) is 1. The second kappa shape index (κ2) is 7.32. The molecule has 3 heteroatoms. The average Bonchev–Trinajstić information content (AvgIpc) is 2.93. The van der Waals surface area contributed by atoms with E-state index in [0.717, 1.165) is 18.8 Å². The van der Waals surface area contributed by atoms with Gasteiger partial charge in [-0.1, -0.05) is 31.2 Å². The molecular weight excluding hydrogens is 254 g/mol. The molecule has 1 heterocycles. The summed E-state index contributed by atoms with van der Waals surface area (Å²) < 4.78 is 5.72. The van der Waals surface area contributed by atoms with Crippen LogP contribution in [0.3, 0.4) is 0 Å². The van der Waals surface area contributed by atoms with Gasteiger partial charge in [-0.2, -0.15) is 0 Å². The Morgan fingerprint density at radius 2 is 2.21 bits per heavy atom. The van der Waals surface area contributed by atoms with Gasteiger partial charge in [-0.3, -0.25) is 0 Å². The van der Waals surface area contributed by atoms with Crippen molar-refractivity contribution in [3.8, 4) is 0 Å². The van der Waals surface area contributed by atoms with Gasteiger partial charge >= 0.3 is 0 Å². The summed E-state index contributed by atoms with van der Waals surface area (Å²) in [6.07, 6.45) is 3.85. The van der Waals surface area contributed by atoms with Crippen molar-refractivity contribution in [1.82, 2.24) is 0 Å². The maximum Gasteiger partial charge on any atom is 0.0666 e. The normalized spacial score (nSPS) is 22.4. The number of nitrogens with two attached hydrogens (primary N) is 1. The highest BCUT2D eigenvalue weighted by Crippen LogP contribution is 2.36. The lowest BCUT2D eigenvalue weighted by Gasteiger charge is -2.25. The van der Waals surface area contributed by atoms with Crippen molar-refractivity contribution in [3.63, 3.8) is 0 Å². The predicted octanol–water partition coefficient (Wildman–Crippen LogP) is 3.69. The summed E-state index contributed by atoms with van der Waals surface area (Å²) in [6, 6.07) is 8.82. The van der Waals surface area contributed by atoms with Crippen molar-refractivity contribution in [2.24, 2.45) is 5.73 Å². The van der Waals surface area contributed by atoms with Gasteiger partial charge in [0.15, 0.2) is 0 Å². The SMILES string of the molecule is CCC(N)C(SCC1CCCO1)c1ccccc1C. The van der Waals surface area contributed by atoms with Gasteiger partial charge in [0.2, 0.25) is 0 Å². The van der Waals surface area contributed by atoms with Crippen LogP contribution in [0.4, 0.5) is 0 Å². The van der Waals surface area contributed by atoms with Crippen LogP contribution >= 0.6 is 11.8 Å². The lowest BCUT2D eigenvalue weighted by atomic mass is 10.00. The van der Waals surface area contributed by atoms with Crippen molar-refractivity contribution in [3.05, 3.63) is 35.4 Å². The number of thioether (sulfide) groups is 1. The molecule has 2 N–H and O–H groups in total. The van der Waals surface area contributed by atoms with E-state index >= 15 is 0 Å². The topological polar surface area (TPSA) is 35.2 Å². The van der Waals surface area contributed by atoms with E-state index in [2.05, 4.69) is 38.1 Å². The third-order valence-corrected chi connectivity index (χ3v) is 5.37. The minimum absolute atomic E-state index is 0.215. The quantitative estimate of drug-likeness (QED) is 0.862. The first-order chi connectivity index (χ1) is 9.22. The fourth-order valence-corrected chi connectivity index (χ4v) is 4.12. The van der Waals surface area contributed by atoms with Crippen LogP contribution in [0, 0.1) is 6.92 Å². The van der Waals surface area contributed by atoms with Crippen LogP contribution in [0.1, 0.15) is 42.6 Å². The molecule has 0 bridgehead atoms. The van der Waals surface area contributed by atoms with E-state index in [9.17, 15) is 0 Å². The first kappa shape index (κ1) is 14.9. The van der Waals surface area contributed by atoms with E-state index in [1.165, 1.54) is 24.0 Å². The van der Waals surface area contributed by atoms with Crippen molar-refractivity contribution in [1.29, 1.82) is 0 Å². The van der Waals surface area contributed by atoms with E-state index in [1.807, 2.05) is 11.8 Å². The summed E-state index contributed by atoms with van der Waals surface area (Å²) >= 11 is 1.97. The Labute approximate surface area is 121 Å². The second-order valence-corrected chi connectivity index (χ2v) is 6.49. The highest BCUT2D eigenvalue weighted by molar-refractivity contribution is 7.99. The van der Waals surface area contributed by atoms with Gasteiger partial charge in [-0.25, -0.2) is 0 Å². The Balaban J connectivity index is 2.05. The van der Waals surface area contributed by atoms with Gasteiger partial charge < -0.3 is 10.5 Å². The molecule has 2 nitrogen and oxygen atoms in total. The number of hydrogen-bond donors (Lipinski definition) is 1. The summed E-state index contributed by atoms with van der Waals surface area (Å²) in [5.74, 6) is 1.06. The smallest absolute Gasteiger partial charge is 0.0666 e. The van der Waals surface area contributed by atoms with Crippen molar-refractivity contribution < 1.29 is 4.74 Å². The van der Waals surface area contributed by atoms with Crippen LogP contribution in [0.2, 0.25) is 0 Å². The number of benzene rings is 1. The zero-order valence-electron chi connectivity index (χ0n) is 12.0. The van der Waals surface area contributed by atoms with Crippen LogP contribution < -0.4 is 5.73 Å². The molecule has 1 aromatic carbocycles. The Morgan fingerprint density at radius 1 is 1.42 bits per heavy atom. The van der Waals surface area contributed by atoms with Crippen LogP contribution in [0.25, 0.3) is 0 Å². The molecule has 2 rings (SSSR count). The largest absolute Gasteiger partial charge is 0.377 e. The van der Waals surface area contributed by atoms with Crippen LogP contribution in [0.5, 0.6) is 0 Å². The Morgan fingerprint density at radius 3 is 2.84 bits per heavy atom. The maximum atomic E-state index is 6.34. The molecule has 0 spiro atoms. The molecule has 1 aromatic rings. The van der Waals surface area contributed by atoms with E-state index in [1.54, 1.807) is 0 Å². The van der Waals surface area contributed by atoms with E-state index in [0.29, 0.717) is 11.4 Å². The molecule has 1 aliphatic heterocycles.